The van der Waals surface area contributed by atoms with Crippen molar-refractivity contribution in [3.05, 3.63) is 34.4 Å². The lowest BCUT2D eigenvalue weighted by molar-refractivity contribution is 0.0859. The van der Waals surface area contributed by atoms with E-state index in [0.29, 0.717) is 0 Å². The minimum atomic E-state index is 0.718. The molecule has 0 aliphatic carbocycles. The first-order valence-electron chi connectivity index (χ1n) is 4.71. The van der Waals surface area contributed by atoms with E-state index in [4.69, 9.17) is 4.74 Å². The monoisotopic (exact) mass is 251 g/mol. The van der Waals surface area contributed by atoms with E-state index in [2.05, 4.69) is 44.8 Å². The van der Waals surface area contributed by atoms with Gasteiger partial charge in [0.1, 0.15) is 0 Å². The lowest BCUT2D eigenvalue weighted by Crippen LogP contribution is -2.15. The van der Waals surface area contributed by atoms with Gasteiger partial charge in [-0.2, -0.15) is 0 Å². The number of fused-ring (bicyclic) bond motifs is 3. The molecule has 1 aromatic carbocycles. The molecule has 0 bridgehead atoms. The Morgan fingerprint density at radius 3 is 3.07 bits per heavy atom. The number of para-hydroxylation sites is 1. The second kappa shape index (κ2) is 3.11. The molecule has 1 aromatic heterocycles. The molecule has 0 unspecified atom stereocenters. The molecule has 0 atom stereocenters. The summed E-state index contributed by atoms with van der Waals surface area (Å²) in [6.07, 6.45) is 0. The second-order valence-electron chi connectivity index (χ2n) is 3.48. The second-order valence-corrected chi connectivity index (χ2v) is 4.28. The lowest BCUT2D eigenvalue weighted by Gasteiger charge is -2.16. The fourth-order valence-corrected chi connectivity index (χ4v) is 2.70. The molecule has 1 aliphatic heterocycles. The lowest BCUT2D eigenvalue weighted by atomic mass is 10.2. The average Bonchev–Trinajstić information content (AvgIpc) is 2.55. The fourth-order valence-electron chi connectivity index (χ4n) is 2.04. The first-order chi connectivity index (χ1) is 6.88. The van der Waals surface area contributed by atoms with Crippen LogP contribution in [0, 0.1) is 0 Å². The van der Waals surface area contributed by atoms with Gasteiger partial charge in [0.2, 0.25) is 0 Å². The molecule has 14 heavy (non-hydrogen) atoms. The van der Waals surface area contributed by atoms with Gasteiger partial charge in [0.05, 0.1) is 18.9 Å². The van der Waals surface area contributed by atoms with Crippen molar-refractivity contribution >= 4 is 26.8 Å². The summed E-state index contributed by atoms with van der Waals surface area (Å²) in [6.45, 7) is 2.49. The minimum absolute atomic E-state index is 0.718. The van der Waals surface area contributed by atoms with Gasteiger partial charge in [0.15, 0.2) is 0 Å². The van der Waals surface area contributed by atoms with E-state index in [1.165, 1.54) is 21.1 Å². The van der Waals surface area contributed by atoms with Gasteiger partial charge in [-0.25, -0.2) is 0 Å². The van der Waals surface area contributed by atoms with Crippen molar-refractivity contribution in [3.8, 4) is 0 Å². The Morgan fingerprint density at radius 1 is 1.29 bits per heavy atom. The number of benzene rings is 1. The summed E-state index contributed by atoms with van der Waals surface area (Å²) in [7, 11) is 0. The smallest absolute Gasteiger partial charge is 0.0880 e. The third kappa shape index (κ3) is 1.06. The van der Waals surface area contributed by atoms with Crippen LogP contribution in [0.2, 0.25) is 0 Å². The van der Waals surface area contributed by atoms with Crippen molar-refractivity contribution in [2.45, 2.75) is 13.2 Å². The number of nitrogens with zero attached hydrogens (tertiary/aromatic N) is 1. The minimum Gasteiger partial charge on any atom is -0.373 e. The molecule has 3 rings (SSSR count). The van der Waals surface area contributed by atoms with Crippen LogP contribution in [0.25, 0.3) is 10.9 Å². The van der Waals surface area contributed by atoms with Gasteiger partial charge in [-0.05, 0) is 22.0 Å². The van der Waals surface area contributed by atoms with Gasteiger partial charge in [-0.3, -0.25) is 0 Å². The van der Waals surface area contributed by atoms with Gasteiger partial charge in [-0.15, -0.1) is 0 Å². The summed E-state index contributed by atoms with van der Waals surface area (Å²) < 4.78 is 8.98. The Bertz CT molecular complexity index is 489. The molecule has 2 aromatic rings. The Morgan fingerprint density at radius 2 is 2.14 bits per heavy atom. The van der Waals surface area contributed by atoms with Gasteiger partial charge in [0, 0.05) is 21.9 Å². The number of aromatic nitrogens is 1. The van der Waals surface area contributed by atoms with E-state index >= 15 is 0 Å². The number of rotatable bonds is 0. The zero-order valence-corrected chi connectivity index (χ0v) is 9.25. The molecule has 3 heteroatoms. The van der Waals surface area contributed by atoms with E-state index in [9.17, 15) is 0 Å². The third-order valence-corrected chi connectivity index (χ3v) is 3.59. The summed E-state index contributed by atoms with van der Waals surface area (Å²) in [4.78, 5) is 0. The standard InChI is InChI=1S/C11H10BrNO/c12-11-8-3-1-2-4-9(8)13-5-6-14-7-10(11)13/h1-4H,5-7H2. The number of halogens is 1. The Labute approximate surface area is 90.6 Å². The van der Waals surface area contributed by atoms with Crippen molar-refractivity contribution in [2.24, 2.45) is 0 Å². The number of ether oxygens (including phenoxy) is 1. The van der Waals surface area contributed by atoms with Crippen molar-refractivity contribution in [1.29, 1.82) is 0 Å². The summed E-state index contributed by atoms with van der Waals surface area (Å²) in [6, 6.07) is 8.46. The SMILES string of the molecule is Brc1c2n(c3ccccc13)CCOC2. The van der Waals surface area contributed by atoms with Gasteiger partial charge < -0.3 is 9.30 Å². The number of hydrogen-bond donors (Lipinski definition) is 0. The van der Waals surface area contributed by atoms with Crippen LogP contribution in [0.3, 0.4) is 0 Å². The van der Waals surface area contributed by atoms with Crippen LogP contribution in [0.5, 0.6) is 0 Å². The van der Waals surface area contributed by atoms with Crippen LogP contribution >= 0.6 is 15.9 Å². The van der Waals surface area contributed by atoms with E-state index in [-0.39, 0.29) is 0 Å². The molecule has 72 valence electrons. The molecular weight excluding hydrogens is 242 g/mol. The predicted molar refractivity (Wildman–Crippen MR) is 59.3 cm³/mol. The fraction of sp³-hybridized carbons (Fsp3) is 0.273. The van der Waals surface area contributed by atoms with Gasteiger partial charge in [-0.1, -0.05) is 18.2 Å². The van der Waals surface area contributed by atoms with Crippen LogP contribution in [-0.4, -0.2) is 11.2 Å². The zero-order valence-electron chi connectivity index (χ0n) is 7.66. The molecule has 0 N–H and O–H groups in total. The molecular formula is C11H10BrNO. The maximum Gasteiger partial charge on any atom is 0.0880 e. The van der Waals surface area contributed by atoms with Crippen LogP contribution in [0.4, 0.5) is 0 Å². The predicted octanol–water partition coefficient (Wildman–Crippen LogP) is 2.93. The topological polar surface area (TPSA) is 14.2 Å². The van der Waals surface area contributed by atoms with E-state index in [0.717, 1.165) is 19.8 Å². The molecule has 2 heterocycles. The Kier molecular flexibility index (Phi) is 1.89. The summed E-state index contributed by atoms with van der Waals surface area (Å²) in [5.74, 6) is 0. The van der Waals surface area contributed by atoms with Crippen LogP contribution < -0.4 is 0 Å². The highest BCUT2D eigenvalue weighted by atomic mass is 79.9. The van der Waals surface area contributed by atoms with E-state index in [1.807, 2.05) is 0 Å². The third-order valence-electron chi connectivity index (χ3n) is 2.71. The Hall–Kier alpha value is -0.800. The van der Waals surface area contributed by atoms with Gasteiger partial charge in [0.25, 0.3) is 0 Å². The molecule has 0 spiro atoms. The van der Waals surface area contributed by atoms with Crippen LogP contribution in [0.1, 0.15) is 5.69 Å². The van der Waals surface area contributed by atoms with E-state index < -0.39 is 0 Å². The van der Waals surface area contributed by atoms with Crippen molar-refractivity contribution in [2.75, 3.05) is 6.61 Å². The largest absolute Gasteiger partial charge is 0.373 e. The van der Waals surface area contributed by atoms with Crippen LogP contribution in [0.15, 0.2) is 28.7 Å². The molecule has 2 nitrogen and oxygen atoms in total. The Balaban J connectivity index is 2.41. The maximum atomic E-state index is 5.46. The quantitative estimate of drug-likeness (QED) is 0.703. The van der Waals surface area contributed by atoms with E-state index in [1.54, 1.807) is 0 Å². The highest BCUT2D eigenvalue weighted by Gasteiger charge is 2.17. The number of hydrogen-bond acceptors (Lipinski definition) is 1. The molecule has 0 radical (unpaired) electrons. The summed E-state index contributed by atoms with van der Waals surface area (Å²) in [5.41, 5.74) is 2.56. The van der Waals surface area contributed by atoms with Crippen molar-refractivity contribution in [3.63, 3.8) is 0 Å². The van der Waals surface area contributed by atoms with Gasteiger partial charge >= 0.3 is 0 Å². The summed E-state index contributed by atoms with van der Waals surface area (Å²) in [5, 5.41) is 1.29. The highest BCUT2D eigenvalue weighted by molar-refractivity contribution is 9.10. The molecule has 0 fully saturated rings. The first-order valence-corrected chi connectivity index (χ1v) is 5.50. The van der Waals surface area contributed by atoms with Crippen molar-refractivity contribution < 1.29 is 4.74 Å². The highest BCUT2D eigenvalue weighted by Crippen LogP contribution is 2.32. The molecule has 0 saturated heterocycles. The molecule has 1 aliphatic rings. The molecule has 0 saturated carbocycles. The normalized spacial score (nSPS) is 15.8. The molecule has 0 amide bonds. The summed E-state index contributed by atoms with van der Waals surface area (Å²) >= 11 is 3.64. The van der Waals surface area contributed by atoms with Crippen LogP contribution in [-0.2, 0) is 17.9 Å². The van der Waals surface area contributed by atoms with Crippen molar-refractivity contribution in [1.82, 2.24) is 4.57 Å². The first kappa shape index (κ1) is 8.50. The maximum absolute atomic E-state index is 5.46. The average molecular weight is 252 g/mol. The zero-order chi connectivity index (χ0) is 9.54.